The summed E-state index contributed by atoms with van der Waals surface area (Å²) in [5.74, 6) is -0.784. The van der Waals surface area contributed by atoms with Crippen molar-refractivity contribution in [3.05, 3.63) is 35.4 Å². The second-order valence-electron chi connectivity index (χ2n) is 5.27. The molecule has 0 aliphatic heterocycles. The first-order valence-electron chi connectivity index (χ1n) is 6.72. The van der Waals surface area contributed by atoms with E-state index in [-0.39, 0.29) is 12.8 Å². The Kier molecular flexibility index (Phi) is 4.93. The predicted octanol–water partition coefficient (Wildman–Crippen LogP) is 5.46. The molecule has 0 heterocycles. The van der Waals surface area contributed by atoms with Gasteiger partial charge < -0.3 is 0 Å². The number of aryl methyl sites for hydroxylation is 1. The zero-order chi connectivity index (χ0) is 13.9. The molecule has 0 aromatic heterocycles. The summed E-state index contributed by atoms with van der Waals surface area (Å²) in [6.07, 6.45) is -1.16. The molecule has 2 rings (SSSR count). The first-order valence-corrected chi connectivity index (χ1v) is 7.84. The molecule has 0 atom stereocenters. The molecule has 19 heavy (non-hydrogen) atoms. The largest absolute Gasteiger partial charge is 0.391 e. The molecular formula is C15H18BrF3. The standard InChI is InChI=1S/C15H18BrF3/c16-10-9-11-1-3-12(4-2-11)13-5-7-14(8-6-13)15(17,18)19/h1-4,13-14H,5-10H2. The van der Waals surface area contributed by atoms with Gasteiger partial charge in [-0.2, -0.15) is 13.2 Å². The van der Waals surface area contributed by atoms with Crippen LogP contribution in [0.25, 0.3) is 0 Å². The number of hydrogen-bond acceptors (Lipinski definition) is 0. The van der Waals surface area contributed by atoms with Crippen molar-refractivity contribution in [2.75, 3.05) is 5.33 Å². The van der Waals surface area contributed by atoms with Crippen molar-refractivity contribution in [2.45, 2.75) is 44.2 Å². The van der Waals surface area contributed by atoms with E-state index in [1.165, 1.54) is 11.1 Å². The van der Waals surface area contributed by atoms with Crippen molar-refractivity contribution >= 4 is 15.9 Å². The number of rotatable bonds is 3. The third-order valence-corrected chi connectivity index (χ3v) is 4.42. The van der Waals surface area contributed by atoms with Gasteiger partial charge in [0.05, 0.1) is 5.92 Å². The predicted molar refractivity (Wildman–Crippen MR) is 74.7 cm³/mol. The maximum atomic E-state index is 12.6. The minimum absolute atomic E-state index is 0.275. The van der Waals surface area contributed by atoms with Crippen LogP contribution in [0.1, 0.15) is 42.7 Å². The third-order valence-electron chi connectivity index (χ3n) is 4.02. The number of hydrogen-bond donors (Lipinski definition) is 0. The number of halogens is 4. The number of alkyl halides is 4. The third kappa shape index (κ3) is 3.98. The van der Waals surface area contributed by atoms with Gasteiger partial charge in [-0.05, 0) is 49.1 Å². The molecule has 1 aliphatic carbocycles. The van der Waals surface area contributed by atoms with Crippen LogP contribution in [-0.4, -0.2) is 11.5 Å². The van der Waals surface area contributed by atoms with Gasteiger partial charge >= 0.3 is 6.18 Å². The lowest BCUT2D eigenvalue weighted by molar-refractivity contribution is -0.182. The van der Waals surface area contributed by atoms with Gasteiger partial charge in [0.1, 0.15) is 0 Å². The van der Waals surface area contributed by atoms with E-state index in [0.717, 1.165) is 11.8 Å². The molecule has 1 aliphatic rings. The summed E-state index contributed by atoms with van der Waals surface area (Å²) in [5.41, 5.74) is 2.46. The van der Waals surface area contributed by atoms with Crippen LogP contribution in [0.3, 0.4) is 0 Å². The zero-order valence-electron chi connectivity index (χ0n) is 10.7. The van der Waals surface area contributed by atoms with Crippen molar-refractivity contribution in [1.82, 2.24) is 0 Å². The van der Waals surface area contributed by atoms with Crippen molar-refractivity contribution in [2.24, 2.45) is 5.92 Å². The average Bonchev–Trinajstić information content (AvgIpc) is 2.39. The molecule has 106 valence electrons. The Bertz CT molecular complexity index is 389. The first kappa shape index (κ1) is 14.9. The Morgan fingerprint density at radius 3 is 2.05 bits per heavy atom. The molecule has 0 amide bonds. The molecule has 0 bridgehead atoms. The van der Waals surface area contributed by atoms with E-state index in [1.807, 2.05) is 0 Å². The Morgan fingerprint density at radius 2 is 1.58 bits per heavy atom. The van der Waals surface area contributed by atoms with Crippen molar-refractivity contribution in [3.8, 4) is 0 Å². The molecule has 1 fully saturated rings. The molecule has 0 radical (unpaired) electrons. The van der Waals surface area contributed by atoms with E-state index in [9.17, 15) is 13.2 Å². The molecule has 0 N–H and O–H groups in total. The van der Waals surface area contributed by atoms with E-state index in [0.29, 0.717) is 18.8 Å². The van der Waals surface area contributed by atoms with Crippen molar-refractivity contribution in [3.63, 3.8) is 0 Å². The molecule has 0 nitrogen and oxygen atoms in total. The fourth-order valence-electron chi connectivity index (χ4n) is 2.82. The monoisotopic (exact) mass is 334 g/mol. The van der Waals surface area contributed by atoms with Crippen molar-refractivity contribution < 1.29 is 13.2 Å². The van der Waals surface area contributed by atoms with E-state index in [2.05, 4.69) is 40.2 Å². The fraction of sp³-hybridized carbons (Fsp3) is 0.600. The number of benzene rings is 1. The molecule has 1 saturated carbocycles. The highest BCUT2D eigenvalue weighted by Gasteiger charge is 2.41. The van der Waals surface area contributed by atoms with E-state index in [4.69, 9.17) is 0 Å². The Hall–Kier alpha value is -0.510. The van der Waals surface area contributed by atoms with E-state index >= 15 is 0 Å². The minimum Gasteiger partial charge on any atom is -0.171 e. The molecule has 1 aromatic rings. The molecule has 0 spiro atoms. The summed E-state index contributed by atoms with van der Waals surface area (Å²) in [6, 6.07) is 8.34. The van der Waals surface area contributed by atoms with E-state index in [1.54, 1.807) is 0 Å². The Morgan fingerprint density at radius 1 is 1.00 bits per heavy atom. The van der Waals surface area contributed by atoms with Gasteiger partial charge in [-0.15, -0.1) is 0 Å². The Labute approximate surface area is 120 Å². The zero-order valence-corrected chi connectivity index (χ0v) is 12.3. The smallest absolute Gasteiger partial charge is 0.171 e. The maximum absolute atomic E-state index is 12.6. The highest BCUT2D eigenvalue weighted by atomic mass is 79.9. The lowest BCUT2D eigenvalue weighted by Gasteiger charge is -2.30. The minimum atomic E-state index is -4.01. The normalized spacial score (nSPS) is 24.4. The first-order chi connectivity index (χ1) is 9.00. The Balaban J connectivity index is 1.94. The lowest BCUT2D eigenvalue weighted by Crippen LogP contribution is -2.27. The summed E-state index contributed by atoms with van der Waals surface area (Å²) < 4.78 is 37.8. The van der Waals surface area contributed by atoms with Gasteiger partial charge in [-0.1, -0.05) is 40.2 Å². The summed E-state index contributed by atoms with van der Waals surface area (Å²) >= 11 is 3.40. The summed E-state index contributed by atoms with van der Waals surface area (Å²) in [4.78, 5) is 0. The summed E-state index contributed by atoms with van der Waals surface area (Å²) in [7, 11) is 0. The van der Waals surface area contributed by atoms with Crippen LogP contribution < -0.4 is 0 Å². The second-order valence-corrected chi connectivity index (χ2v) is 6.06. The van der Waals surface area contributed by atoms with Crippen LogP contribution in [0.5, 0.6) is 0 Å². The summed E-state index contributed by atoms with van der Waals surface area (Å²) in [5, 5.41) is 0.934. The van der Waals surface area contributed by atoms with Crippen molar-refractivity contribution in [1.29, 1.82) is 0 Å². The van der Waals surface area contributed by atoms with Gasteiger partial charge in [-0.25, -0.2) is 0 Å². The quantitative estimate of drug-likeness (QED) is 0.644. The van der Waals surface area contributed by atoms with Gasteiger partial charge in [0, 0.05) is 5.33 Å². The molecule has 0 unspecified atom stereocenters. The van der Waals surface area contributed by atoms with Crippen LogP contribution in [0, 0.1) is 5.92 Å². The van der Waals surface area contributed by atoms with Crippen LogP contribution in [0.4, 0.5) is 13.2 Å². The molecule has 1 aromatic carbocycles. The van der Waals surface area contributed by atoms with Gasteiger partial charge in [0.2, 0.25) is 0 Å². The van der Waals surface area contributed by atoms with Crippen LogP contribution in [0.2, 0.25) is 0 Å². The van der Waals surface area contributed by atoms with Crippen LogP contribution in [-0.2, 0) is 6.42 Å². The molecular weight excluding hydrogens is 317 g/mol. The molecule has 4 heteroatoms. The SMILES string of the molecule is FC(F)(F)C1CCC(c2ccc(CCBr)cc2)CC1. The van der Waals surface area contributed by atoms with Crippen LogP contribution >= 0.6 is 15.9 Å². The second kappa shape index (κ2) is 6.29. The highest BCUT2D eigenvalue weighted by Crippen LogP contribution is 2.42. The lowest BCUT2D eigenvalue weighted by atomic mass is 9.78. The van der Waals surface area contributed by atoms with Crippen LogP contribution in [0.15, 0.2) is 24.3 Å². The van der Waals surface area contributed by atoms with E-state index < -0.39 is 12.1 Å². The fourth-order valence-corrected chi connectivity index (χ4v) is 3.28. The van der Waals surface area contributed by atoms with Gasteiger partial charge in [-0.3, -0.25) is 0 Å². The highest BCUT2D eigenvalue weighted by molar-refractivity contribution is 9.09. The maximum Gasteiger partial charge on any atom is 0.391 e. The average molecular weight is 335 g/mol. The summed E-state index contributed by atoms with van der Waals surface area (Å²) in [6.45, 7) is 0. The molecule has 0 saturated heterocycles. The van der Waals surface area contributed by atoms with Gasteiger partial charge in [0.25, 0.3) is 0 Å². The topological polar surface area (TPSA) is 0 Å². The van der Waals surface area contributed by atoms with Gasteiger partial charge in [0.15, 0.2) is 0 Å².